The van der Waals surface area contributed by atoms with E-state index in [0.29, 0.717) is 5.41 Å². The number of nitriles is 1. The third-order valence-corrected chi connectivity index (χ3v) is 4.87. The monoisotopic (exact) mass is 251 g/mol. The van der Waals surface area contributed by atoms with Gasteiger partial charge >= 0.3 is 0 Å². The van der Waals surface area contributed by atoms with Crippen LogP contribution in [0.3, 0.4) is 0 Å². The molecule has 1 rings (SSSR count). The molecule has 1 aliphatic heterocycles. The Balaban J connectivity index is 2.25. The molecule has 1 N–H and O–H groups in total. The maximum absolute atomic E-state index is 9.10. The molecule has 1 aliphatic rings. The minimum atomic E-state index is -0.353. The Bertz CT molecular complexity index is 287. The number of likely N-dealkylation sites (tertiary alicyclic amines) is 1. The van der Waals surface area contributed by atoms with Gasteiger partial charge in [-0.3, -0.25) is 0 Å². The molecule has 1 fully saturated rings. The van der Waals surface area contributed by atoms with Crippen LogP contribution in [-0.2, 0) is 0 Å². The third-order valence-electron chi connectivity index (χ3n) is 4.87. The van der Waals surface area contributed by atoms with Gasteiger partial charge in [0.15, 0.2) is 0 Å². The average Bonchev–Trinajstić information content (AvgIpc) is 2.41. The zero-order chi connectivity index (χ0) is 13.6. The fourth-order valence-electron chi connectivity index (χ4n) is 2.56. The molecule has 0 aromatic carbocycles. The first-order chi connectivity index (χ1) is 8.47. The van der Waals surface area contributed by atoms with E-state index in [2.05, 4.69) is 30.1 Å². The molecule has 0 spiro atoms. The molecule has 1 saturated heterocycles. The highest BCUT2D eigenvalue weighted by atomic mass is 15.1. The lowest BCUT2D eigenvalue weighted by Gasteiger charge is -2.39. The van der Waals surface area contributed by atoms with E-state index in [1.165, 1.54) is 32.4 Å². The van der Waals surface area contributed by atoms with Crippen molar-refractivity contribution < 1.29 is 0 Å². The summed E-state index contributed by atoms with van der Waals surface area (Å²) in [4.78, 5) is 2.56. The van der Waals surface area contributed by atoms with Crippen LogP contribution in [0.25, 0.3) is 0 Å². The molecule has 0 bridgehead atoms. The molecule has 0 aromatic heterocycles. The minimum Gasteiger partial charge on any atom is -0.303 e. The first kappa shape index (κ1) is 15.5. The molecule has 3 nitrogen and oxygen atoms in total. The van der Waals surface area contributed by atoms with Crippen LogP contribution >= 0.6 is 0 Å². The standard InChI is InChI=1S/C15H29N3/c1-5-14(2)8-11-18(12-9-14)10-6-7-15(3,13-16)17-4/h17H,5-12H2,1-4H3. The summed E-state index contributed by atoms with van der Waals surface area (Å²) < 4.78 is 0. The lowest BCUT2D eigenvalue weighted by molar-refractivity contribution is 0.112. The predicted molar refractivity (Wildman–Crippen MR) is 76.4 cm³/mol. The highest BCUT2D eigenvalue weighted by Crippen LogP contribution is 2.33. The Morgan fingerprint density at radius 1 is 1.39 bits per heavy atom. The van der Waals surface area contributed by atoms with Crippen LogP contribution < -0.4 is 5.32 Å². The van der Waals surface area contributed by atoms with E-state index in [1.807, 2.05) is 14.0 Å². The van der Waals surface area contributed by atoms with Crippen LogP contribution in [0.2, 0.25) is 0 Å². The number of nitrogens with one attached hydrogen (secondary N) is 1. The minimum absolute atomic E-state index is 0.353. The van der Waals surface area contributed by atoms with Crippen LogP contribution in [0.4, 0.5) is 0 Å². The van der Waals surface area contributed by atoms with E-state index in [9.17, 15) is 0 Å². The second-order valence-electron chi connectivity index (χ2n) is 6.30. The largest absolute Gasteiger partial charge is 0.303 e. The van der Waals surface area contributed by atoms with Gasteiger partial charge in [-0.25, -0.2) is 0 Å². The van der Waals surface area contributed by atoms with E-state index in [0.717, 1.165) is 19.4 Å². The molecular weight excluding hydrogens is 222 g/mol. The molecule has 3 heteroatoms. The maximum Gasteiger partial charge on any atom is 0.103 e. The highest BCUT2D eigenvalue weighted by Gasteiger charge is 2.28. The summed E-state index contributed by atoms with van der Waals surface area (Å²) in [6, 6.07) is 2.36. The lowest BCUT2D eigenvalue weighted by atomic mass is 9.78. The lowest BCUT2D eigenvalue weighted by Crippen LogP contribution is -2.41. The van der Waals surface area contributed by atoms with Gasteiger partial charge in [0.25, 0.3) is 0 Å². The molecule has 1 unspecified atom stereocenters. The Morgan fingerprint density at radius 2 is 2.00 bits per heavy atom. The number of nitrogens with zero attached hydrogens (tertiary/aromatic N) is 2. The first-order valence-corrected chi connectivity index (χ1v) is 7.29. The van der Waals surface area contributed by atoms with Crippen molar-refractivity contribution >= 4 is 0 Å². The van der Waals surface area contributed by atoms with Crippen LogP contribution in [0.5, 0.6) is 0 Å². The SMILES string of the molecule is CCC1(C)CCN(CCCC(C)(C#N)NC)CC1. The van der Waals surface area contributed by atoms with E-state index in [1.54, 1.807) is 0 Å². The highest BCUT2D eigenvalue weighted by molar-refractivity contribution is 5.02. The second kappa shape index (κ2) is 6.54. The van der Waals surface area contributed by atoms with Gasteiger partial charge in [-0.1, -0.05) is 20.3 Å². The van der Waals surface area contributed by atoms with Gasteiger partial charge in [0.1, 0.15) is 5.54 Å². The van der Waals surface area contributed by atoms with Gasteiger partial charge in [-0.2, -0.15) is 5.26 Å². The summed E-state index contributed by atoms with van der Waals surface area (Å²) in [7, 11) is 1.87. The average molecular weight is 251 g/mol. The van der Waals surface area contributed by atoms with E-state index in [4.69, 9.17) is 5.26 Å². The van der Waals surface area contributed by atoms with Crippen LogP contribution in [-0.4, -0.2) is 37.1 Å². The molecule has 0 saturated carbocycles. The molecule has 104 valence electrons. The van der Waals surface area contributed by atoms with Crippen molar-refractivity contribution in [1.29, 1.82) is 5.26 Å². The van der Waals surface area contributed by atoms with Crippen molar-refractivity contribution in [2.75, 3.05) is 26.7 Å². The van der Waals surface area contributed by atoms with Crippen molar-refractivity contribution in [3.05, 3.63) is 0 Å². The van der Waals surface area contributed by atoms with Gasteiger partial charge in [-0.05, 0) is 64.7 Å². The fraction of sp³-hybridized carbons (Fsp3) is 0.933. The molecule has 0 amide bonds. The summed E-state index contributed by atoms with van der Waals surface area (Å²) in [5, 5.41) is 12.2. The smallest absolute Gasteiger partial charge is 0.103 e. The Morgan fingerprint density at radius 3 is 2.44 bits per heavy atom. The van der Waals surface area contributed by atoms with Crippen molar-refractivity contribution in [1.82, 2.24) is 10.2 Å². The van der Waals surface area contributed by atoms with Crippen molar-refractivity contribution in [2.45, 2.75) is 58.4 Å². The molecular formula is C15H29N3. The zero-order valence-corrected chi connectivity index (χ0v) is 12.6. The second-order valence-corrected chi connectivity index (χ2v) is 6.30. The van der Waals surface area contributed by atoms with Crippen LogP contribution in [0, 0.1) is 16.7 Å². The predicted octanol–water partition coefficient (Wildman–Crippen LogP) is 2.78. The van der Waals surface area contributed by atoms with Crippen LogP contribution in [0.1, 0.15) is 52.9 Å². The Labute approximate surface area is 113 Å². The summed E-state index contributed by atoms with van der Waals surface area (Å²) in [5.41, 5.74) is 0.219. The topological polar surface area (TPSA) is 39.1 Å². The van der Waals surface area contributed by atoms with Crippen LogP contribution in [0.15, 0.2) is 0 Å². The number of hydrogen-bond donors (Lipinski definition) is 1. The van der Waals surface area contributed by atoms with Crippen molar-refractivity contribution in [3.63, 3.8) is 0 Å². The molecule has 0 aliphatic carbocycles. The fourth-order valence-corrected chi connectivity index (χ4v) is 2.56. The maximum atomic E-state index is 9.10. The van der Waals surface area contributed by atoms with Gasteiger partial charge in [0.05, 0.1) is 6.07 Å². The van der Waals surface area contributed by atoms with E-state index >= 15 is 0 Å². The molecule has 1 atom stereocenters. The van der Waals surface area contributed by atoms with Gasteiger partial charge in [-0.15, -0.1) is 0 Å². The quantitative estimate of drug-likeness (QED) is 0.789. The summed E-state index contributed by atoms with van der Waals surface area (Å²) in [5.74, 6) is 0. The molecule has 1 heterocycles. The van der Waals surface area contributed by atoms with E-state index < -0.39 is 0 Å². The van der Waals surface area contributed by atoms with E-state index in [-0.39, 0.29) is 5.54 Å². The summed E-state index contributed by atoms with van der Waals surface area (Å²) >= 11 is 0. The Hall–Kier alpha value is -0.590. The number of rotatable bonds is 6. The van der Waals surface area contributed by atoms with Gasteiger partial charge < -0.3 is 10.2 Å². The van der Waals surface area contributed by atoms with Gasteiger partial charge in [0, 0.05) is 0 Å². The first-order valence-electron chi connectivity index (χ1n) is 7.29. The third kappa shape index (κ3) is 4.26. The molecule has 0 aromatic rings. The number of piperidine rings is 1. The zero-order valence-electron chi connectivity index (χ0n) is 12.6. The summed E-state index contributed by atoms with van der Waals surface area (Å²) in [6.07, 6.45) is 5.98. The molecule has 18 heavy (non-hydrogen) atoms. The molecule has 0 radical (unpaired) electrons. The van der Waals surface area contributed by atoms with Gasteiger partial charge in [0.2, 0.25) is 0 Å². The Kier molecular flexibility index (Phi) is 5.62. The normalized spacial score (nSPS) is 23.3. The summed E-state index contributed by atoms with van der Waals surface area (Å²) in [6.45, 7) is 10.3. The number of hydrogen-bond acceptors (Lipinski definition) is 3. The van der Waals surface area contributed by atoms with Crippen molar-refractivity contribution in [2.24, 2.45) is 5.41 Å². The van der Waals surface area contributed by atoms with Crippen molar-refractivity contribution in [3.8, 4) is 6.07 Å².